The molecule has 0 aliphatic heterocycles. The first-order valence-corrected chi connectivity index (χ1v) is 9.27. The zero-order valence-electron chi connectivity index (χ0n) is 14.1. The lowest BCUT2D eigenvalue weighted by Crippen LogP contribution is -2.40. The number of hydrogen-bond acceptors (Lipinski definition) is 2. The van der Waals surface area contributed by atoms with Crippen molar-refractivity contribution in [2.45, 2.75) is 90.5 Å². The quantitative estimate of drug-likeness (QED) is 0.531. The molecule has 120 valence electrons. The third kappa shape index (κ3) is 6.58. The van der Waals surface area contributed by atoms with Crippen LogP contribution in [0, 0.1) is 5.92 Å². The molecule has 1 fully saturated rings. The first kappa shape index (κ1) is 18.0. The monoisotopic (exact) mass is 282 g/mol. The lowest BCUT2D eigenvalue weighted by molar-refractivity contribution is 0.167. The van der Waals surface area contributed by atoms with Crippen molar-refractivity contribution in [3.63, 3.8) is 0 Å². The van der Waals surface area contributed by atoms with Gasteiger partial charge in [-0.05, 0) is 44.8 Å². The molecule has 0 heterocycles. The summed E-state index contributed by atoms with van der Waals surface area (Å²) < 4.78 is 0. The Balaban J connectivity index is 2.06. The molecular weight excluding hydrogens is 244 g/mol. The first-order valence-electron chi connectivity index (χ1n) is 9.27. The van der Waals surface area contributed by atoms with Crippen LogP contribution in [0.4, 0.5) is 0 Å². The molecule has 0 aromatic carbocycles. The zero-order chi connectivity index (χ0) is 14.6. The van der Waals surface area contributed by atoms with E-state index in [9.17, 15) is 0 Å². The summed E-state index contributed by atoms with van der Waals surface area (Å²) in [6, 6.07) is 0.787. The van der Waals surface area contributed by atoms with Gasteiger partial charge in [0.15, 0.2) is 0 Å². The van der Waals surface area contributed by atoms with Crippen LogP contribution in [0.2, 0.25) is 0 Å². The van der Waals surface area contributed by atoms with E-state index in [4.69, 9.17) is 5.73 Å². The molecule has 0 amide bonds. The highest BCUT2D eigenvalue weighted by atomic mass is 15.2. The fourth-order valence-corrected chi connectivity index (χ4v) is 3.78. The van der Waals surface area contributed by atoms with Gasteiger partial charge in [0, 0.05) is 6.04 Å². The van der Waals surface area contributed by atoms with Crippen LogP contribution in [0.25, 0.3) is 0 Å². The fourth-order valence-electron chi connectivity index (χ4n) is 3.78. The first-order chi connectivity index (χ1) is 9.83. The molecule has 0 aromatic rings. The van der Waals surface area contributed by atoms with E-state index in [0.29, 0.717) is 0 Å². The van der Waals surface area contributed by atoms with E-state index in [0.717, 1.165) is 18.5 Å². The molecule has 20 heavy (non-hydrogen) atoms. The molecule has 1 aliphatic carbocycles. The van der Waals surface area contributed by atoms with Crippen molar-refractivity contribution in [3.05, 3.63) is 0 Å². The maximum absolute atomic E-state index is 5.92. The second-order valence-corrected chi connectivity index (χ2v) is 6.60. The minimum absolute atomic E-state index is 0.768. The molecule has 1 aliphatic rings. The molecule has 0 spiro atoms. The molecule has 2 N–H and O–H groups in total. The van der Waals surface area contributed by atoms with E-state index in [2.05, 4.69) is 18.7 Å². The second kappa shape index (κ2) is 11.6. The zero-order valence-corrected chi connectivity index (χ0v) is 14.1. The highest BCUT2D eigenvalue weighted by Gasteiger charge is 2.29. The Bertz CT molecular complexity index is 217. The normalized spacial score (nSPS) is 22.8. The summed E-state index contributed by atoms with van der Waals surface area (Å²) in [5.74, 6) is 0.768. The van der Waals surface area contributed by atoms with Gasteiger partial charge in [-0.2, -0.15) is 0 Å². The third-order valence-electron chi connectivity index (χ3n) is 5.10. The molecule has 0 saturated heterocycles. The van der Waals surface area contributed by atoms with Crippen LogP contribution in [0.3, 0.4) is 0 Å². The smallest absolute Gasteiger partial charge is 0.0135 e. The van der Waals surface area contributed by atoms with Crippen LogP contribution < -0.4 is 5.73 Å². The molecule has 2 heteroatoms. The summed E-state index contributed by atoms with van der Waals surface area (Å²) in [5.41, 5.74) is 5.92. The van der Waals surface area contributed by atoms with Crippen molar-refractivity contribution < 1.29 is 0 Å². The van der Waals surface area contributed by atoms with Crippen LogP contribution in [-0.2, 0) is 0 Å². The maximum Gasteiger partial charge on any atom is 0.0135 e. The van der Waals surface area contributed by atoms with Crippen molar-refractivity contribution in [2.75, 3.05) is 19.6 Å². The van der Waals surface area contributed by atoms with Gasteiger partial charge in [-0.1, -0.05) is 65.2 Å². The molecule has 2 atom stereocenters. The van der Waals surface area contributed by atoms with E-state index < -0.39 is 0 Å². The van der Waals surface area contributed by atoms with Crippen molar-refractivity contribution >= 4 is 0 Å². The fraction of sp³-hybridized carbons (Fsp3) is 1.00. The Hall–Kier alpha value is -0.0800. The average Bonchev–Trinajstić information content (AvgIpc) is 2.94. The Morgan fingerprint density at radius 3 is 2.15 bits per heavy atom. The minimum Gasteiger partial charge on any atom is -0.330 e. The van der Waals surface area contributed by atoms with Gasteiger partial charge < -0.3 is 10.6 Å². The summed E-state index contributed by atoms with van der Waals surface area (Å²) in [6.07, 6.45) is 15.5. The molecule has 0 bridgehead atoms. The van der Waals surface area contributed by atoms with E-state index in [-0.39, 0.29) is 0 Å². The average molecular weight is 283 g/mol. The number of unbranched alkanes of at least 4 members (excludes halogenated alkanes) is 7. The van der Waals surface area contributed by atoms with Crippen LogP contribution in [-0.4, -0.2) is 30.6 Å². The summed E-state index contributed by atoms with van der Waals surface area (Å²) >= 11 is 0. The van der Waals surface area contributed by atoms with Crippen LogP contribution in [0.15, 0.2) is 0 Å². The predicted molar refractivity (Wildman–Crippen MR) is 90.0 cm³/mol. The lowest BCUT2D eigenvalue weighted by Gasteiger charge is -2.31. The Morgan fingerprint density at radius 1 is 0.900 bits per heavy atom. The van der Waals surface area contributed by atoms with Crippen molar-refractivity contribution in [3.8, 4) is 0 Å². The second-order valence-electron chi connectivity index (χ2n) is 6.60. The minimum atomic E-state index is 0.768. The molecule has 1 saturated carbocycles. The Morgan fingerprint density at radius 2 is 1.55 bits per heavy atom. The topological polar surface area (TPSA) is 29.3 Å². The van der Waals surface area contributed by atoms with Crippen molar-refractivity contribution in [1.82, 2.24) is 4.90 Å². The number of nitrogens with two attached hydrogens (primary N) is 1. The molecule has 0 aromatic heterocycles. The van der Waals surface area contributed by atoms with Gasteiger partial charge in [-0.15, -0.1) is 0 Å². The van der Waals surface area contributed by atoms with Gasteiger partial charge in [-0.25, -0.2) is 0 Å². The third-order valence-corrected chi connectivity index (χ3v) is 5.10. The summed E-state index contributed by atoms with van der Waals surface area (Å²) in [7, 11) is 0. The predicted octanol–water partition coefficient (Wildman–Crippen LogP) is 4.58. The van der Waals surface area contributed by atoms with Crippen molar-refractivity contribution in [2.24, 2.45) is 11.7 Å². The van der Waals surface area contributed by atoms with Crippen LogP contribution >= 0.6 is 0 Å². The molecule has 2 nitrogen and oxygen atoms in total. The van der Waals surface area contributed by atoms with Gasteiger partial charge >= 0.3 is 0 Å². The van der Waals surface area contributed by atoms with E-state index in [1.54, 1.807) is 0 Å². The highest BCUT2D eigenvalue weighted by molar-refractivity contribution is 4.85. The largest absolute Gasteiger partial charge is 0.330 e. The Kier molecular flexibility index (Phi) is 10.4. The molecule has 0 radical (unpaired) electrons. The standard InChI is InChI=1S/C18H38N2/c1-3-5-6-7-8-9-10-11-15-20(4-2)18-14-12-13-17(18)16-19/h17-18H,3-16,19H2,1-2H3. The molecule has 1 rings (SSSR count). The van der Waals surface area contributed by atoms with Crippen LogP contribution in [0.5, 0.6) is 0 Å². The van der Waals surface area contributed by atoms with Crippen molar-refractivity contribution in [1.29, 1.82) is 0 Å². The summed E-state index contributed by atoms with van der Waals surface area (Å²) in [5, 5.41) is 0. The van der Waals surface area contributed by atoms with Gasteiger partial charge in [0.1, 0.15) is 0 Å². The summed E-state index contributed by atoms with van der Waals surface area (Å²) in [4.78, 5) is 2.71. The van der Waals surface area contributed by atoms with E-state index in [1.165, 1.54) is 83.7 Å². The lowest BCUT2D eigenvalue weighted by atomic mass is 10.0. The van der Waals surface area contributed by atoms with E-state index in [1.807, 2.05) is 0 Å². The number of hydrogen-bond donors (Lipinski definition) is 1. The molecule has 2 unspecified atom stereocenters. The van der Waals surface area contributed by atoms with Gasteiger partial charge in [0.2, 0.25) is 0 Å². The summed E-state index contributed by atoms with van der Waals surface area (Å²) in [6.45, 7) is 8.00. The van der Waals surface area contributed by atoms with Gasteiger partial charge in [0.05, 0.1) is 0 Å². The van der Waals surface area contributed by atoms with Gasteiger partial charge in [0.25, 0.3) is 0 Å². The number of nitrogens with zero attached hydrogens (tertiary/aromatic N) is 1. The van der Waals surface area contributed by atoms with Crippen LogP contribution in [0.1, 0.15) is 84.5 Å². The number of rotatable bonds is 12. The van der Waals surface area contributed by atoms with Gasteiger partial charge in [-0.3, -0.25) is 0 Å². The van der Waals surface area contributed by atoms with E-state index >= 15 is 0 Å². The highest BCUT2D eigenvalue weighted by Crippen LogP contribution is 2.29. The maximum atomic E-state index is 5.92. The molecular formula is C18H38N2. The Labute approximate surface area is 127 Å². The SMILES string of the molecule is CCCCCCCCCCN(CC)C1CCCC1CN.